The van der Waals surface area contributed by atoms with E-state index < -0.39 is 0 Å². The molecule has 0 fully saturated rings. The molecule has 1 amide bonds. The number of carbonyl (C=O) groups is 1. The molecule has 19 heavy (non-hydrogen) atoms. The molecule has 1 unspecified atom stereocenters. The van der Waals surface area contributed by atoms with Gasteiger partial charge in [-0.15, -0.1) is 0 Å². The third kappa shape index (κ3) is 2.34. The Morgan fingerprint density at radius 3 is 3.11 bits per heavy atom. The van der Waals surface area contributed by atoms with Gasteiger partial charge in [0.2, 0.25) is 0 Å². The van der Waals surface area contributed by atoms with Gasteiger partial charge in [-0.3, -0.25) is 4.79 Å². The standard InChI is InChI=1S/C15H15NO3/c1-10-9-19-14-5-4-11(7-13(10)14)15(17)16-8-12-3-2-6-18-12/h2-7,10H,8-9H2,1H3,(H,16,17). The zero-order valence-corrected chi connectivity index (χ0v) is 10.7. The fraction of sp³-hybridized carbons (Fsp3) is 0.267. The van der Waals surface area contributed by atoms with E-state index in [2.05, 4.69) is 12.2 Å². The van der Waals surface area contributed by atoms with Crippen molar-refractivity contribution in [2.45, 2.75) is 19.4 Å². The molecule has 2 aromatic rings. The van der Waals surface area contributed by atoms with Gasteiger partial charge in [0.25, 0.3) is 5.91 Å². The molecule has 4 heteroatoms. The summed E-state index contributed by atoms with van der Waals surface area (Å²) in [6.45, 7) is 3.18. The molecule has 1 aromatic carbocycles. The lowest BCUT2D eigenvalue weighted by molar-refractivity contribution is 0.0948. The van der Waals surface area contributed by atoms with Gasteiger partial charge in [0, 0.05) is 17.0 Å². The molecule has 98 valence electrons. The second kappa shape index (κ2) is 4.80. The maximum Gasteiger partial charge on any atom is 0.251 e. The van der Waals surface area contributed by atoms with E-state index in [1.807, 2.05) is 18.2 Å². The highest BCUT2D eigenvalue weighted by Gasteiger charge is 2.21. The minimum atomic E-state index is -0.0988. The molecule has 1 aliphatic heterocycles. The van der Waals surface area contributed by atoms with E-state index in [-0.39, 0.29) is 5.91 Å². The van der Waals surface area contributed by atoms with Crippen LogP contribution in [0, 0.1) is 0 Å². The summed E-state index contributed by atoms with van der Waals surface area (Å²) in [4.78, 5) is 12.1. The second-order valence-electron chi connectivity index (χ2n) is 4.73. The van der Waals surface area contributed by atoms with Crippen LogP contribution in [0.2, 0.25) is 0 Å². The van der Waals surface area contributed by atoms with E-state index >= 15 is 0 Å². The number of nitrogens with one attached hydrogen (secondary N) is 1. The molecular formula is C15H15NO3. The highest BCUT2D eigenvalue weighted by Crippen LogP contribution is 2.33. The third-order valence-electron chi connectivity index (χ3n) is 3.30. The Hall–Kier alpha value is -2.23. The van der Waals surface area contributed by atoms with E-state index in [0.29, 0.717) is 24.6 Å². The van der Waals surface area contributed by atoms with Crippen LogP contribution >= 0.6 is 0 Å². The van der Waals surface area contributed by atoms with Crippen molar-refractivity contribution in [2.75, 3.05) is 6.61 Å². The Morgan fingerprint density at radius 1 is 1.42 bits per heavy atom. The van der Waals surface area contributed by atoms with Gasteiger partial charge >= 0.3 is 0 Å². The number of rotatable bonds is 3. The van der Waals surface area contributed by atoms with Crippen LogP contribution in [0.25, 0.3) is 0 Å². The molecule has 0 radical (unpaired) electrons. The first-order valence-corrected chi connectivity index (χ1v) is 6.31. The molecule has 1 aliphatic rings. The van der Waals surface area contributed by atoms with Crippen LogP contribution in [0.1, 0.15) is 34.5 Å². The lowest BCUT2D eigenvalue weighted by atomic mass is 10.0. The monoisotopic (exact) mass is 257 g/mol. The number of furan rings is 1. The Morgan fingerprint density at radius 2 is 2.32 bits per heavy atom. The Balaban J connectivity index is 1.72. The van der Waals surface area contributed by atoms with Crippen molar-refractivity contribution in [3.8, 4) is 5.75 Å². The van der Waals surface area contributed by atoms with Crippen molar-refractivity contribution in [3.63, 3.8) is 0 Å². The van der Waals surface area contributed by atoms with Crippen LogP contribution in [-0.2, 0) is 6.54 Å². The minimum Gasteiger partial charge on any atom is -0.493 e. The van der Waals surface area contributed by atoms with E-state index in [0.717, 1.165) is 17.1 Å². The Labute approximate surface area is 111 Å². The van der Waals surface area contributed by atoms with Crippen molar-refractivity contribution >= 4 is 5.91 Å². The van der Waals surface area contributed by atoms with E-state index in [1.54, 1.807) is 18.4 Å². The van der Waals surface area contributed by atoms with Crippen LogP contribution in [0.5, 0.6) is 5.75 Å². The molecule has 0 saturated heterocycles. The third-order valence-corrected chi connectivity index (χ3v) is 3.30. The predicted octanol–water partition coefficient (Wildman–Crippen LogP) is 2.71. The SMILES string of the molecule is CC1COc2ccc(C(=O)NCc3ccco3)cc21. The van der Waals surface area contributed by atoms with Crippen LogP contribution < -0.4 is 10.1 Å². The normalized spacial score (nSPS) is 16.8. The number of hydrogen-bond donors (Lipinski definition) is 1. The summed E-state index contributed by atoms with van der Waals surface area (Å²) < 4.78 is 10.7. The topological polar surface area (TPSA) is 51.5 Å². The van der Waals surface area contributed by atoms with Gasteiger partial charge < -0.3 is 14.5 Å². The number of amides is 1. The lowest BCUT2D eigenvalue weighted by Gasteiger charge is -2.06. The molecule has 2 heterocycles. The first-order chi connectivity index (χ1) is 9.24. The molecule has 0 bridgehead atoms. The molecule has 0 aliphatic carbocycles. The first kappa shape index (κ1) is 11.8. The molecular weight excluding hydrogens is 242 g/mol. The maximum atomic E-state index is 12.1. The fourth-order valence-corrected chi connectivity index (χ4v) is 2.19. The van der Waals surface area contributed by atoms with E-state index in [1.165, 1.54) is 0 Å². The average molecular weight is 257 g/mol. The van der Waals surface area contributed by atoms with E-state index in [9.17, 15) is 4.79 Å². The Bertz CT molecular complexity index is 589. The van der Waals surface area contributed by atoms with Gasteiger partial charge in [-0.1, -0.05) is 6.92 Å². The van der Waals surface area contributed by atoms with Crippen LogP contribution in [0.15, 0.2) is 41.0 Å². The molecule has 4 nitrogen and oxygen atoms in total. The second-order valence-corrected chi connectivity index (χ2v) is 4.73. The summed E-state index contributed by atoms with van der Waals surface area (Å²) in [6, 6.07) is 9.19. The average Bonchev–Trinajstić information content (AvgIpc) is 3.06. The molecule has 3 rings (SSSR count). The Kier molecular flexibility index (Phi) is 2.99. The predicted molar refractivity (Wildman–Crippen MR) is 70.2 cm³/mol. The molecule has 0 saturated carbocycles. The molecule has 1 aromatic heterocycles. The van der Waals surface area contributed by atoms with Crippen LogP contribution in [0.3, 0.4) is 0 Å². The number of carbonyl (C=O) groups excluding carboxylic acids is 1. The van der Waals surface area contributed by atoms with Crippen molar-refractivity contribution in [1.29, 1.82) is 0 Å². The molecule has 0 spiro atoms. The largest absolute Gasteiger partial charge is 0.493 e. The van der Waals surface area contributed by atoms with Crippen molar-refractivity contribution < 1.29 is 13.9 Å². The summed E-state index contributed by atoms with van der Waals surface area (Å²) in [5.74, 6) is 1.87. The number of hydrogen-bond acceptors (Lipinski definition) is 3. The fourth-order valence-electron chi connectivity index (χ4n) is 2.19. The summed E-state index contributed by atoms with van der Waals surface area (Å²) in [6.07, 6.45) is 1.59. The maximum absolute atomic E-state index is 12.1. The minimum absolute atomic E-state index is 0.0988. The number of fused-ring (bicyclic) bond motifs is 1. The van der Waals surface area contributed by atoms with Crippen molar-refractivity contribution in [2.24, 2.45) is 0 Å². The van der Waals surface area contributed by atoms with Crippen molar-refractivity contribution in [1.82, 2.24) is 5.32 Å². The zero-order chi connectivity index (χ0) is 13.2. The van der Waals surface area contributed by atoms with Gasteiger partial charge in [0.15, 0.2) is 0 Å². The summed E-state index contributed by atoms with van der Waals surface area (Å²) in [5.41, 5.74) is 1.76. The number of ether oxygens (including phenoxy) is 1. The van der Waals surface area contributed by atoms with E-state index in [4.69, 9.17) is 9.15 Å². The van der Waals surface area contributed by atoms with Gasteiger partial charge in [-0.05, 0) is 30.3 Å². The smallest absolute Gasteiger partial charge is 0.251 e. The molecule has 1 atom stereocenters. The highest BCUT2D eigenvalue weighted by molar-refractivity contribution is 5.94. The van der Waals surface area contributed by atoms with Crippen LogP contribution in [0.4, 0.5) is 0 Å². The number of benzene rings is 1. The lowest BCUT2D eigenvalue weighted by Crippen LogP contribution is -2.22. The zero-order valence-electron chi connectivity index (χ0n) is 10.7. The molecule has 1 N–H and O–H groups in total. The summed E-state index contributed by atoms with van der Waals surface area (Å²) in [5, 5.41) is 2.83. The summed E-state index contributed by atoms with van der Waals surface area (Å²) >= 11 is 0. The quantitative estimate of drug-likeness (QED) is 0.919. The van der Waals surface area contributed by atoms with Gasteiger partial charge in [0.05, 0.1) is 19.4 Å². The van der Waals surface area contributed by atoms with Crippen molar-refractivity contribution in [3.05, 3.63) is 53.5 Å². The van der Waals surface area contributed by atoms with Gasteiger partial charge in [-0.25, -0.2) is 0 Å². The van der Waals surface area contributed by atoms with Crippen LogP contribution in [-0.4, -0.2) is 12.5 Å². The van der Waals surface area contributed by atoms with Gasteiger partial charge in [-0.2, -0.15) is 0 Å². The summed E-state index contributed by atoms with van der Waals surface area (Å²) in [7, 11) is 0. The van der Waals surface area contributed by atoms with Gasteiger partial charge in [0.1, 0.15) is 11.5 Å². The highest BCUT2D eigenvalue weighted by atomic mass is 16.5. The first-order valence-electron chi connectivity index (χ1n) is 6.31.